The minimum Gasteiger partial charge on any atom is -0.355 e. The second-order valence-corrected chi connectivity index (χ2v) is 6.06. The maximum atomic E-state index is 4.49. The second-order valence-electron chi connectivity index (χ2n) is 6.06. The number of nitrogens with one attached hydrogen (secondary N) is 1. The molecule has 0 radical (unpaired) electrons. The molecule has 2 aliphatic rings. The van der Waals surface area contributed by atoms with Gasteiger partial charge in [-0.05, 0) is 35.6 Å². The molecule has 3 nitrogen and oxygen atoms in total. The average Bonchev–Trinajstić information content (AvgIpc) is 2.96. The summed E-state index contributed by atoms with van der Waals surface area (Å²) < 4.78 is 0. The van der Waals surface area contributed by atoms with Crippen LogP contribution < -0.4 is 10.2 Å². The number of aliphatic imine (C=N–C) groups is 1. The fourth-order valence-corrected chi connectivity index (χ4v) is 3.61. The molecule has 0 fully saturated rings. The van der Waals surface area contributed by atoms with Crippen LogP contribution in [0.3, 0.4) is 0 Å². The molecule has 112 valence electrons. The van der Waals surface area contributed by atoms with E-state index in [0.29, 0.717) is 5.92 Å². The van der Waals surface area contributed by atoms with E-state index in [2.05, 4.69) is 63.7 Å². The van der Waals surface area contributed by atoms with Crippen LogP contribution in [0, 0.1) is 0 Å². The Morgan fingerprint density at radius 3 is 2.73 bits per heavy atom. The molecule has 2 aromatic carbocycles. The number of guanidine groups is 1. The SMILES string of the molecule is CN=C(NCC1Cc2ccccc21)N1CCc2ccccc21. The van der Waals surface area contributed by atoms with Crippen molar-refractivity contribution in [1.29, 1.82) is 0 Å². The van der Waals surface area contributed by atoms with Gasteiger partial charge in [0.1, 0.15) is 0 Å². The van der Waals surface area contributed by atoms with Crippen LogP contribution in [0.5, 0.6) is 0 Å². The number of nitrogens with zero attached hydrogens (tertiary/aromatic N) is 2. The maximum Gasteiger partial charge on any atom is 0.198 e. The van der Waals surface area contributed by atoms with Crippen molar-refractivity contribution in [2.24, 2.45) is 4.99 Å². The van der Waals surface area contributed by atoms with Gasteiger partial charge in [0.15, 0.2) is 5.96 Å². The van der Waals surface area contributed by atoms with Crippen LogP contribution in [0.15, 0.2) is 53.5 Å². The first-order valence-electron chi connectivity index (χ1n) is 8.00. The second kappa shape index (κ2) is 5.48. The summed E-state index contributed by atoms with van der Waals surface area (Å²) in [5.74, 6) is 1.61. The summed E-state index contributed by atoms with van der Waals surface area (Å²) in [5.41, 5.74) is 5.70. The molecule has 2 aromatic rings. The lowest BCUT2D eigenvalue weighted by Gasteiger charge is -2.32. The maximum absolute atomic E-state index is 4.49. The minimum absolute atomic E-state index is 0.616. The van der Waals surface area contributed by atoms with Gasteiger partial charge in [0.25, 0.3) is 0 Å². The molecular formula is C19H21N3. The van der Waals surface area contributed by atoms with Crippen molar-refractivity contribution < 1.29 is 0 Å². The Morgan fingerprint density at radius 2 is 1.91 bits per heavy atom. The third-order valence-corrected chi connectivity index (χ3v) is 4.82. The predicted molar refractivity (Wildman–Crippen MR) is 91.7 cm³/mol. The zero-order valence-electron chi connectivity index (χ0n) is 12.9. The summed E-state index contributed by atoms with van der Waals surface area (Å²) in [6, 6.07) is 17.4. The van der Waals surface area contributed by atoms with Crippen molar-refractivity contribution in [2.45, 2.75) is 18.8 Å². The normalized spacial score (nSPS) is 19.4. The van der Waals surface area contributed by atoms with Gasteiger partial charge in [-0.15, -0.1) is 0 Å². The molecule has 4 rings (SSSR count). The lowest BCUT2D eigenvalue weighted by molar-refractivity contribution is 0.587. The van der Waals surface area contributed by atoms with Crippen molar-refractivity contribution in [1.82, 2.24) is 5.32 Å². The highest BCUT2D eigenvalue weighted by Gasteiger charge is 2.27. The largest absolute Gasteiger partial charge is 0.355 e. The van der Waals surface area contributed by atoms with Crippen molar-refractivity contribution in [2.75, 3.05) is 25.0 Å². The molecule has 1 atom stereocenters. The minimum atomic E-state index is 0.616. The van der Waals surface area contributed by atoms with Crippen molar-refractivity contribution in [3.05, 3.63) is 65.2 Å². The van der Waals surface area contributed by atoms with Crippen LogP contribution >= 0.6 is 0 Å². The van der Waals surface area contributed by atoms with Crippen LogP contribution in [-0.4, -0.2) is 26.1 Å². The van der Waals surface area contributed by atoms with Gasteiger partial charge >= 0.3 is 0 Å². The molecule has 0 amide bonds. The number of anilines is 1. The Bertz CT molecular complexity index is 720. The van der Waals surface area contributed by atoms with Crippen LogP contribution in [0.2, 0.25) is 0 Å². The van der Waals surface area contributed by atoms with Gasteiger partial charge in [-0.2, -0.15) is 0 Å². The van der Waals surface area contributed by atoms with Crippen LogP contribution in [0.25, 0.3) is 0 Å². The highest BCUT2D eigenvalue weighted by atomic mass is 15.3. The molecule has 0 bridgehead atoms. The van der Waals surface area contributed by atoms with Gasteiger partial charge in [0.05, 0.1) is 0 Å². The summed E-state index contributed by atoms with van der Waals surface area (Å²) in [4.78, 5) is 6.79. The molecule has 1 aliphatic carbocycles. The van der Waals surface area contributed by atoms with Gasteiger partial charge in [-0.25, -0.2) is 0 Å². The number of para-hydroxylation sites is 1. The van der Waals surface area contributed by atoms with E-state index in [0.717, 1.165) is 25.5 Å². The molecule has 1 N–H and O–H groups in total. The highest BCUT2D eigenvalue weighted by Crippen LogP contribution is 2.34. The Labute approximate surface area is 131 Å². The zero-order chi connectivity index (χ0) is 14.9. The van der Waals surface area contributed by atoms with Gasteiger partial charge in [-0.3, -0.25) is 4.99 Å². The molecule has 22 heavy (non-hydrogen) atoms. The number of benzene rings is 2. The van der Waals surface area contributed by atoms with E-state index in [-0.39, 0.29) is 0 Å². The smallest absolute Gasteiger partial charge is 0.198 e. The van der Waals surface area contributed by atoms with E-state index in [1.54, 1.807) is 0 Å². The summed E-state index contributed by atoms with van der Waals surface area (Å²) in [6.45, 7) is 1.97. The van der Waals surface area contributed by atoms with Crippen molar-refractivity contribution in [3.63, 3.8) is 0 Å². The topological polar surface area (TPSA) is 27.6 Å². The number of rotatable bonds is 2. The monoisotopic (exact) mass is 291 g/mol. The highest BCUT2D eigenvalue weighted by molar-refractivity contribution is 5.97. The van der Waals surface area contributed by atoms with Crippen LogP contribution in [-0.2, 0) is 12.8 Å². The number of hydrogen-bond donors (Lipinski definition) is 1. The first-order valence-corrected chi connectivity index (χ1v) is 8.00. The Kier molecular flexibility index (Phi) is 3.34. The first kappa shape index (κ1) is 13.4. The molecule has 0 saturated carbocycles. The Morgan fingerprint density at radius 1 is 1.14 bits per heavy atom. The fraction of sp³-hybridized carbons (Fsp3) is 0.316. The number of fused-ring (bicyclic) bond motifs is 2. The summed E-state index contributed by atoms with van der Waals surface area (Å²) in [6.07, 6.45) is 2.28. The van der Waals surface area contributed by atoms with Gasteiger partial charge in [-0.1, -0.05) is 42.5 Å². The van der Waals surface area contributed by atoms with Crippen molar-refractivity contribution in [3.8, 4) is 0 Å². The standard InChI is InChI=1S/C19H21N3/c1-20-19(22-11-10-14-6-3-5-9-18(14)22)21-13-16-12-15-7-2-4-8-17(15)16/h2-9,16H,10-13H2,1H3,(H,20,21). The molecule has 0 saturated heterocycles. The lowest BCUT2D eigenvalue weighted by Crippen LogP contribution is -2.43. The van der Waals surface area contributed by atoms with E-state index in [4.69, 9.17) is 0 Å². The molecule has 0 aromatic heterocycles. The molecule has 1 aliphatic heterocycles. The van der Waals surface area contributed by atoms with Gasteiger partial charge < -0.3 is 10.2 Å². The first-order chi connectivity index (χ1) is 10.9. The molecule has 0 spiro atoms. The number of hydrogen-bond acceptors (Lipinski definition) is 1. The molecular weight excluding hydrogens is 270 g/mol. The third-order valence-electron chi connectivity index (χ3n) is 4.82. The summed E-state index contributed by atoms with van der Waals surface area (Å²) in [5, 5.41) is 3.57. The summed E-state index contributed by atoms with van der Waals surface area (Å²) >= 11 is 0. The van der Waals surface area contributed by atoms with E-state index < -0.39 is 0 Å². The van der Waals surface area contributed by atoms with Gasteiger partial charge in [0.2, 0.25) is 0 Å². The lowest BCUT2D eigenvalue weighted by atomic mass is 9.78. The molecule has 1 unspecified atom stereocenters. The van der Waals surface area contributed by atoms with E-state index in [1.165, 1.54) is 28.8 Å². The third kappa shape index (κ3) is 2.17. The quantitative estimate of drug-likeness (QED) is 0.680. The molecule has 1 heterocycles. The zero-order valence-corrected chi connectivity index (χ0v) is 12.9. The van der Waals surface area contributed by atoms with E-state index in [1.807, 2.05) is 7.05 Å². The average molecular weight is 291 g/mol. The summed E-state index contributed by atoms with van der Waals surface area (Å²) in [7, 11) is 1.87. The Balaban J connectivity index is 1.45. The van der Waals surface area contributed by atoms with Gasteiger partial charge in [0, 0.05) is 31.7 Å². The van der Waals surface area contributed by atoms with E-state index in [9.17, 15) is 0 Å². The molecule has 3 heteroatoms. The van der Waals surface area contributed by atoms with Crippen LogP contribution in [0.1, 0.15) is 22.6 Å². The fourth-order valence-electron chi connectivity index (χ4n) is 3.61. The predicted octanol–water partition coefficient (Wildman–Crippen LogP) is 2.96. The van der Waals surface area contributed by atoms with E-state index >= 15 is 0 Å². The Hall–Kier alpha value is -2.29. The van der Waals surface area contributed by atoms with Crippen molar-refractivity contribution >= 4 is 11.6 Å². The van der Waals surface area contributed by atoms with Crippen LogP contribution in [0.4, 0.5) is 5.69 Å².